The molecule has 0 N–H and O–H groups in total. The first-order valence-corrected chi connectivity index (χ1v) is 8.13. The van der Waals surface area contributed by atoms with Crippen LogP contribution in [0.2, 0.25) is 0 Å². The third kappa shape index (κ3) is 3.31. The Balaban J connectivity index is 1.82. The number of alkyl halides is 1. The van der Waals surface area contributed by atoms with Gasteiger partial charge in [0.1, 0.15) is 19.1 Å². The largest absolute Gasteiger partial charge is 0.486 e. The van der Waals surface area contributed by atoms with Gasteiger partial charge in [0.25, 0.3) is 0 Å². The molecule has 22 heavy (non-hydrogen) atoms. The maximum Gasteiger partial charge on any atom is 0.238 e. The van der Waals surface area contributed by atoms with Gasteiger partial charge in [0, 0.05) is 31.4 Å². The van der Waals surface area contributed by atoms with E-state index >= 15 is 0 Å². The molecule has 1 aromatic carbocycles. The second kappa shape index (κ2) is 7.20. The monoisotopic (exact) mass is 325 g/mol. The normalized spacial score (nSPS) is 18.0. The predicted molar refractivity (Wildman–Crippen MR) is 82.5 cm³/mol. The van der Waals surface area contributed by atoms with Gasteiger partial charge in [-0.3, -0.25) is 4.79 Å². The number of ether oxygens (including phenoxy) is 3. The Hall–Kier alpha value is -1.46. The van der Waals surface area contributed by atoms with Crippen molar-refractivity contribution in [1.82, 2.24) is 4.90 Å². The molecule has 0 bridgehead atoms. The molecule has 2 aliphatic heterocycles. The lowest BCUT2D eigenvalue weighted by Crippen LogP contribution is -2.43. The molecule has 120 valence electrons. The summed E-state index contributed by atoms with van der Waals surface area (Å²) in [5.41, 5.74) is 0.960. The van der Waals surface area contributed by atoms with Crippen LogP contribution in [0.5, 0.6) is 11.5 Å². The number of halogens is 1. The number of nitrogens with zero attached hydrogens (tertiary/aromatic N) is 1. The molecule has 1 aromatic rings. The van der Waals surface area contributed by atoms with Gasteiger partial charge in [0.2, 0.25) is 5.91 Å². The third-order valence-electron chi connectivity index (χ3n) is 4.05. The topological polar surface area (TPSA) is 48.0 Å². The minimum atomic E-state index is -0.0529. The highest BCUT2D eigenvalue weighted by Crippen LogP contribution is 2.35. The van der Waals surface area contributed by atoms with Crippen LogP contribution < -0.4 is 9.47 Å². The Labute approximate surface area is 135 Å². The standard InChI is InChI=1S/C16H20ClNO4/c17-10-15(19)18(13-4-6-20-7-5-13)11-12-2-1-3-14-16(12)22-9-8-21-14/h1-3,13H,4-11H2. The Morgan fingerprint density at radius 1 is 1.18 bits per heavy atom. The van der Waals surface area contributed by atoms with Crippen molar-refractivity contribution < 1.29 is 19.0 Å². The van der Waals surface area contributed by atoms with Crippen LogP contribution in [0.3, 0.4) is 0 Å². The fourth-order valence-electron chi connectivity index (χ4n) is 2.94. The highest BCUT2D eigenvalue weighted by molar-refractivity contribution is 6.27. The Morgan fingerprint density at radius 2 is 1.95 bits per heavy atom. The van der Waals surface area contributed by atoms with Crippen molar-refractivity contribution in [1.29, 1.82) is 0 Å². The van der Waals surface area contributed by atoms with Crippen molar-refractivity contribution in [2.24, 2.45) is 0 Å². The van der Waals surface area contributed by atoms with E-state index in [0.717, 1.165) is 29.9 Å². The molecule has 0 aromatic heterocycles. The molecule has 0 saturated carbocycles. The zero-order chi connectivity index (χ0) is 15.4. The van der Waals surface area contributed by atoms with Crippen LogP contribution in [0.15, 0.2) is 18.2 Å². The van der Waals surface area contributed by atoms with E-state index in [1.807, 2.05) is 23.1 Å². The van der Waals surface area contributed by atoms with E-state index in [1.54, 1.807) is 0 Å². The predicted octanol–water partition coefficient (Wildman–Crippen LogP) is 2.20. The van der Waals surface area contributed by atoms with Gasteiger partial charge in [-0.15, -0.1) is 11.6 Å². The molecule has 1 saturated heterocycles. The molecule has 1 amide bonds. The molecule has 0 atom stereocenters. The first-order valence-electron chi connectivity index (χ1n) is 7.60. The lowest BCUT2D eigenvalue weighted by Gasteiger charge is -2.34. The van der Waals surface area contributed by atoms with Crippen LogP contribution in [-0.2, 0) is 16.1 Å². The average molecular weight is 326 g/mol. The molecular formula is C16H20ClNO4. The molecule has 1 fully saturated rings. The first-order chi connectivity index (χ1) is 10.8. The number of carbonyl (C=O) groups excluding carboxylic acids is 1. The van der Waals surface area contributed by atoms with E-state index in [-0.39, 0.29) is 17.8 Å². The quantitative estimate of drug-likeness (QED) is 0.796. The Kier molecular flexibility index (Phi) is 5.05. The number of hydrogen-bond donors (Lipinski definition) is 0. The molecule has 0 aliphatic carbocycles. The fourth-order valence-corrected chi connectivity index (χ4v) is 3.09. The molecular weight excluding hydrogens is 306 g/mol. The van der Waals surface area contributed by atoms with Crippen LogP contribution in [0.1, 0.15) is 18.4 Å². The maximum absolute atomic E-state index is 12.3. The summed E-state index contributed by atoms with van der Waals surface area (Å²) in [6.07, 6.45) is 1.68. The van der Waals surface area contributed by atoms with Crippen LogP contribution in [0.25, 0.3) is 0 Å². The summed E-state index contributed by atoms with van der Waals surface area (Å²) < 4.78 is 16.7. The third-order valence-corrected chi connectivity index (χ3v) is 4.28. The molecule has 0 spiro atoms. The van der Waals surface area contributed by atoms with Gasteiger partial charge in [0.15, 0.2) is 11.5 Å². The summed E-state index contributed by atoms with van der Waals surface area (Å²) in [6.45, 7) is 2.95. The molecule has 2 heterocycles. The van der Waals surface area contributed by atoms with Crippen molar-refractivity contribution in [2.75, 3.05) is 32.3 Å². The molecule has 2 aliphatic rings. The lowest BCUT2D eigenvalue weighted by atomic mass is 10.0. The van der Waals surface area contributed by atoms with E-state index < -0.39 is 0 Å². The van der Waals surface area contributed by atoms with E-state index in [1.165, 1.54) is 0 Å². The van der Waals surface area contributed by atoms with Gasteiger partial charge in [-0.2, -0.15) is 0 Å². The summed E-state index contributed by atoms with van der Waals surface area (Å²) in [5.74, 6) is 1.43. The molecule has 5 nitrogen and oxygen atoms in total. The SMILES string of the molecule is O=C(CCl)N(Cc1cccc2c1OCCO2)C1CCOCC1. The van der Waals surface area contributed by atoms with Gasteiger partial charge in [-0.25, -0.2) is 0 Å². The Bertz CT molecular complexity index is 531. The summed E-state index contributed by atoms with van der Waals surface area (Å²) in [6, 6.07) is 5.96. The van der Waals surface area contributed by atoms with E-state index in [2.05, 4.69) is 0 Å². The number of para-hydroxylation sites is 1. The lowest BCUT2D eigenvalue weighted by molar-refractivity contribution is -0.133. The molecule has 6 heteroatoms. The van der Waals surface area contributed by atoms with Crippen LogP contribution >= 0.6 is 11.6 Å². The number of rotatable bonds is 4. The number of fused-ring (bicyclic) bond motifs is 1. The molecule has 0 radical (unpaired) electrons. The second-order valence-corrected chi connectivity index (χ2v) is 5.71. The summed E-state index contributed by atoms with van der Waals surface area (Å²) in [7, 11) is 0. The minimum Gasteiger partial charge on any atom is -0.486 e. The molecule has 3 rings (SSSR count). The first kappa shape index (κ1) is 15.4. The smallest absolute Gasteiger partial charge is 0.238 e. The number of amides is 1. The number of carbonyl (C=O) groups is 1. The van der Waals surface area contributed by atoms with Crippen molar-refractivity contribution >= 4 is 17.5 Å². The van der Waals surface area contributed by atoms with Crippen molar-refractivity contribution in [3.05, 3.63) is 23.8 Å². The van der Waals surface area contributed by atoms with E-state index in [9.17, 15) is 4.79 Å². The Morgan fingerprint density at radius 3 is 2.73 bits per heavy atom. The van der Waals surface area contributed by atoms with Crippen LogP contribution in [-0.4, -0.2) is 49.2 Å². The zero-order valence-electron chi connectivity index (χ0n) is 12.4. The second-order valence-electron chi connectivity index (χ2n) is 5.44. The fraction of sp³-hybridized carbons (Fsp3) is 0.562. The van der Waals surface area contributed by atoms with Gasteiger partial charge < -0.3 is 19.1 Å². The van der Waals surface area contributed by atoms with Crippen LogP contribution in [0.4, 0.5) is 0 Å². The number of hydrogen-bond acceptors (Lipinski definition) is 4. The van der Waals surface area contributed by atoms with Gasteiger partial charge >= 0.3 is 0 Å². The summed E-state index contributed by atoms with van der Waals surface area (Å²) >= 11 is 5.80. The van der Waals surface area contributed by atoms with Crippen molar-refractivity contribution in [3.63, 3.8) is 0 Å². The maximum atomic E-state index is 12.3. The van der Waals surface area contributed by atoms with Gasteiger partial charge in [-0.05, 0) is 18.9 Å². The van der Waals surface area contributed by atoms with Crippen molar-refractivity contribution in [3.8, 4) is 11.5 Å². The van der Waals surface area contributed by atoms with Gasteiger partial charge in [0.05, 0.1) is 0 Å². The highest BCUT2D eigenvalue weighted by atomic mass is 35.5. The number of benzene rings is 1. The van der Waals surface area contributed by atoms with Crippen LogP contribution in [0, 0.1) is 0 Å². The summed E-state index contributed by atoms with van der Waals surface area (Å²) in [4.78, 5) is 14.1. The van der Waals surface area contributed by atoms with Gasteiger partial charge in [-0.1, -0.05) is 12.1 Å². The molecule has 0 unspecified atom stereocenters. The highest BCUT2D eigenvalue weighted by Gasteiger charge is 2.27. The average Bonchev–Trinajstić information content (AvgIpc) is 2.60. The van der Waals surface area contributed by atoms with Crippen molar-refractivity contribution in [2.45, 2.75) is 25.4 Å². The van der Waals surface area contributed by atoms with E-state index in [0.29, 0.717) is 33.0 Å². The summed E-state index contributed by atoms with van der Waals surface area (Å²) in [5, 5.41) is 0. The zero-order valence-corrected chi connectivity index (χ0v) is 13.2. The minimum absolute atomic E-state index is 0.0102. The van der Waals surface area contributed by atoms with E-state index in [4.69, 9.17) is 25.8 Å².